The average Bonchev–Trinajstić information content (AvgIpc) is 2.98. The van der Waals surface area contributed by atoms with Gasteiger partial charge in [0, 0.05) is 22.7 Å². The Morgan fingerprint density at radius 2 is 1.96 bits per heavy atom. The van der Waals surface area contributed by atoms with Gasteiger partial charge >= 0.3 is 0 Å². The fourth-order valence-corrected chi connectivity index (χ4v) is 3.01. The molecule has 118 valence electrons. The second-order valence-electron chi connectivity index (χ2n) is 4.47. The van der Waals surface area contributed by atoms with Gasteiger partial charge in [-0.15, -0.1) is 11.3 Å². The van der Waals surface area contributed by atoms with Crippen molar-refractivity contribution in [3.05, 3.63) is 62.3 Å². The minimum absolute atomic E-state index is 0.0810. The zero-order valence-electron chi connectivity index (χ0n) is 11.9. The van der Waals surface area contributed by atoms with Crippen molar-refractivity contribution in [2.24, 2.45) is 4.99 Å². The molecule has 2 N–H and O–H groups in total. The van der Waals surface area contributed by atoms with E-state index < -0.39 is 5.91 Å². The molecule has 0 atom stereocenters. The number of Topliss-reactive ketones (excluding diaryl/α,β-unsaturated/α-hetero) is 1. The van der Waals surface area contributed by atoms with E-state index in [4.69, 9.17) is 5.21 Å². The predicted octanol–water partition coefficient (Wildman–Crippen LogP) is 3.33. The molecule has 0 unspecified atom stereocenters. The molecule has 0 saturated heterocycles. The number of carbonyl (C=O) groups excluding carboxylic acids is 2. The van der Waals surface area contributed by atoms with Crippen molar-refractivity contribution in [1.82, 2.24) is 5.48 Å². The summed E-state index contributed by atoms with van der Waals surface area (Å²) in [5.74, 6) is -0.694. The van der Waals surface area contributed by atoms with Gasteiger partial charge in [0.05, 0.1) is 3.79 Å². The minimum atomic E-state index is -0.611. The highest BCUT2D eigenvalue weighted by Crippen LogP contribution is 2.20. The van der Waals surface area contributed by atoms with Crippen LogP contribution in [0.4, 0.5) is 0 Å². The van der Waals surface area contributed by atoms with Crippen molar-refractivity contribution in [2.75, 3.05) is 6.54 Å². The Balaban J connectivity index is 1.93. The lowest BCUT2D eigenvalue weighted by molar-refractivity contribution is -0.124. The number of nitrogens with zero attached hydrogens (tertiary/aromatic N) is 1. The number of hydrogen-bond donors (Lipinski definition) is 2. The molecule has 0 aliphatic rings. The molecule has 0 bridgehead atoms. The van der Waals surface area contributed by atoms with Crippen LogP contribution in [0.3, 0.4) is 0 Å². The molecule has 0 spiro atoms. The van der Waals surface area contributed by atoms with Crippen LogP contribution < -0.4 is 5.48 Å². The summed E-state index contributed by atoms with van der Waals surface area (Å²) >= 11 is 4.91. The van der Waals surface area contributed by atoms with E-state index in [1.54, 1.807) is 41.8 Å². The van der Waals surface area contributed by atoms with Gasteiger partial charge in [-0.1, -0.05) is 24.3 Å². The molecule has 2 aromatic rings. The van der Waals surface area contributed by atoms with Gasteiger partial charge in [0.15, 0.2) is 5.78 Å². The van der Waals surface area contributed by atoms with E-state index in [1.807, 2.05) is 12.1 Å². The second kappa shape index (κ2) is 8.52. The van der Waals surface area contributed by atoms with Crippen molar-refractivity contribution in [3.63, 3.8) is 0 Å². The van der Waals surface area contributed by atoms with Crippen molar-refractivity contribution in [2.45, 2.75) is 0 Å². The van der Waals surface area contributed by atoms with E-state index in [0.29, 0.717) is 5.56 Å². The van der Waals surface area contributed by atoms with Gasteiger partial charge in [-0.05, 0) is 39.7 Å². The largest absolute Gasteiger partial charge is 0.292 e. The van der Waals surface area contributed by atoms with Crippen molar-refractivity contribution < 1.29 is 14.8 Å². The molecule has 7 heteroatoms. The van der Waals surface area contributed by atoms with Gasteiger partial charge in [0.1, 0.15) is 6.54 Å². The van der Waals surface area contributed by atoms with E-state index in [-0.39, 0.29) is 12.3 Å². The third-order valence-electron chi connectivity index (χ3n) is 2.82. The highest BCUT2D eigenvalue weighted by Gasteiger charge is 2.04. The maximum atomic E-state index is 12.0. The van der Waals surface area contributed by atoms with Crippen LogP contribution in [0.5, 0.6) is 0 Å². The third kappa shape index (κ3) is 5.55. The monoisotopic (exact) mass is 392 g/mol. The Morgan fingerprint density at radius 3 is 2.57 bits per heavy atom. The Bertz CT molecular complexity index is 751. The summed E-state index contributed by atoms with van der Waals surface area (Å²) < 4.78 is 1.02. The molecule has 0 aliphatic carbocycles. The number of amides is 1. The fourth-order valence-electron chi connectivity index (χ4n) is 1.70. The maximum absolute atomic E-state index is 12.0. The molecule has 0 radical (unpaired) electrons. The van der Waals surface area contributed by atoms with E-state index in [1.165, 1.54) is 17.6 Å². The number of ketones is 1. The van der Waals surface area contributed by atoms with E-state index in [2.05, 4.69) is 20.9 Å². The molecule has 1 amide bonds. The molecule has 5 nitrogen and oxygen atoms in total. The standard InChI is InChI=1S/C16H13BrN2O3S/c17-15-7-6-13(23-15)9-18-10-14(20)12-4-1-11(2-5-12)3-8-16(21)19-22/h1-9,22H,10H2,(H,19,21)/b8-3+,18-9?. The molecule has 23 heavy (non-hydrogen) atoms. The lowest BCUT2D eigenvalue weighted by Crippen LogP contribution is -2.14. The Kier molecular flexibility index (Phi) is 6.40. The molecule has 0 saturated carbocycles. The first-order chi connectivity index (χ1) is 11.1. The van der Waals surface area contributed by atoms with Gasteiger partial charge in [0.25, 0.3) is 5.91 Å². The first-order valence-electron chi connectivity index (χ1n) is 6.59. The zero-order chi connectivity index (χ0) is 16.7. The highest BCUT2D eigenvalue weighted by molar-refractivity contribution is 9.11. The van der Waals surface area contributed by atoms with Crippen LogP contribution in [-0.4, -0.2) is 29.7 Å². The second-order valence-corrected chi connectivity index (χ2v) is 6.96. The molecule has 2 rings (SSSR count). The van der Waals surface area contributed by atoms with E-state index in [9.17, 15) is 9.59 Å². The third-order valence-corrected chi connectivity index (χ3v) is 4.38. The number of aliphatic imine (C=N–C) groups is 1. The number of carbonyl (C=O) groups is 2. The highest BCUT2D eigenvalue weighted by atomic mass is 79.9. The summed E-state index contributed by atoms with van der Waals surface area (Å²) in [6.45, 7) is 0.0810. The van der Waals surface area contributed by atoms with Gasteiger partial charge in [0.2, 0.25) is 0 Å². The van der Waals surface area contributed by atoms with E-state index in [0.717, 1.165) is 14.2 Å². The lowest BCUT2D eigenvalue weighted by Gasteiger charge is -1.99. The maximum Gasteiger partial charge on any atom is 0.267 e. The molecular formula is C16H13BrN2O3S. The summed E-state index contributed by atoms with van der Waals surface area (Å²) in [5, 5.41) is 8.39. The van der Waals surface area contributed by atoms with Crippen LogP contribution in [0, 0.1) is 0 Å². The fraction of sp³-hybridized carbons (Fsp3) is 0.0625. The number of benzene rings is 1. The molecular weight excluding hydrogens is 380 g/mol. The number of nitrogens with one attached hydrogen (secondary N) is 1. The smallest absolute Gasteiger partial charge is 0.267 e. The van der Waals surface area contributed by atoms with Crippen LogP contribution in [0.2, 0.25) is 0 Å². The number of hydroxylamine groups is 1. The molecule has 0 aliphatic heterocycles. The SMILES string of the molecule is O=C(/C=C/c1ccc(C(=O)CN=Cc2ccc(Br)s2)cc1)NO. The molecule has 1 aromatic heterocycles. The van der Waals surface area contributed by atoms with Crippen LogP contribution in [0.25, 0.3) is 6.08 Å². The Morgan fingerprint density at radius 1 is 1.22 bits per heavy atom. The van der Waals surface area contributed by atoms with Crippen molar-refractivity contribution in [1.29, 1.82) is 0 Å². The number of hydrogen-bond acceptors (Lipinski definition) is 5. The average molecular weight is 393 g/mol. The van der Waals surface area contributed by atoms with E-state index >= 15 is 0 Å². The van der Waals surface area contributed by atoms with Crippen LogP contribution in [0.15, 0.2) is 51.3 Å². The number of halogens is 1. The molecule has 0 fully saturated rings. The van der Waals surface area contributed by atoms with Gasteiger partial charge in [-0.3, -0.25) is 19.8 Å². The van der Waals surface area contributed by atoms with Crippen molar-refractivity contribution >= 4 is 51.2 Å². The summed E-state index contributed by atoms with van der Waals surface area (Å²) in [6.07, 6.45) is 4.41. The first-order valence-corrected chi connectivity index (χ1v) is 8.20. The number of rotatable bonds is 6. The molecule has 1 heterocycles. The summed E-state index contributed by atoms with van der Waals surface area (Å²) in [6, 6.07) is 10.6. The minimum Gasteiger partial charge on any atom is -0.292 e. The lowest BCUT2D eigenvalue weighted by atomic mass is 10.1. The predicted molar refractivity (Wildman–Crippen MR) is 94.2 cm³/mol. The summed E-state index contributed by atoms with van der Waals surface area (Å²) in [5.41, 5.74) is 2.81. The topological polar surface area (TPSA) is 78.8 Å². The normalized spacial score (nSPS) is 11.2. The molecule has 1 aromatic carbocycles. The summed E-state index contributed by atoms with van der Waals surface area (Å²) in [7, 11) is 0. The summed E-state index contributed by atoms with van der Waals surface area (Å²) in [4.78, 5) is 28.0. The first kappa shape index (κ1) is 17.3. The van der Waals surface area contributed by atoms with Gasteiger partial charge in [-0.2, -0.15) is 0 Å². The quantitative estimate of drug-likeness (QED) is 0.260. The van der Waals surface area contributed by atoms with Crippen LogP contribution in [-0.2, 0) is 4.79 Å². The van der Waals surface area contributed by atoms with Gasteiger partial charge in [-0.25, -0.2) is 5.48 Å². The van der Waals surface area contributed by atoms with Gasteiger partial charge < -0.3 is 0 Å². The Labute approximate surface area is 145 Å². The van der Waals surface area contributed by atoms with Crippen molar-refractivity contribution in [3.8, 4) is 0 Å². The van der Waals surface area contributed by atoms with Crippen LogP contribution >= 0.6 is 27.3 Å². The zero-order valence-corrected chi connectivity index (χ0v) is 14.3. The number of thiophene rings is 1. The van der Waals surface area contributed by atoms with Crippen LogP contribution in [0.1, 0.15) is 20.8 Å². The Hall–Kier alpha value is -2.09.